The second-order valence-corrected chi connectivity index (χ2v) is 6.71. The van der Waals surface area contributed by atoms with Gasteiger partial charge >= 0.3 is 0 Å². The molecule has 1 saturated carbocycles. The number of unbranched alkanes of at least 4 members (excludes halogenated alkanes) is 1. The molecule has 3 heteroatoms. The molecule has 0 saturated heterocycles. The normalized spacial score (nSPS) is 22.0. The lowest BCUT2D eigenvalue weighted by Gasteiger charge is -2.31. The summed E-state index contributed by atoms with van der Waals surface area (Å²) in [4.78, 5) is 17.2. The molecule has 0 bridgehead atoms. The number of allylic oxidation sites excluding steroid dienone is 1. The number of carbonyl (C=O) groups excluding carboxylic acids is 1. The maximum absolute atomic E-state index is 12.6. The Bertz CT molecular complexity index is 597. The molecule has 0 unspecified atom stereocenters. The predicted octanol–water partition coefficient (Wildman–Crippen LogP) is 4.59. The van der Waals surface area contributed by atoms with E-state index in [1.165, 1.54) is 0 Å². The van der Waals surface area contributed by atoms with E-state index in [0.29, 0.717) is 24.1 Å². The highest BCUT2D eigenvalue weighted by Crippen LogP contribution is 2.36. The van der Waals surface area contributed by atoms with Gasteiger partial charge in [-0.2, -0.15) is 0 Å². The molecule has 0 spiro atoms. The maximum Gasteiger partial charge on any atom is 0.168 e. The number of rotatable bonds is 4. The van der Waals surface area contributed by atoms with E-state index in [-0.39, 0.29) is 17.0 Å². The van der Waals surface area contributed by atoms with Crippen LogP contribution in [0.3, 0.4) is 0 Å². The van der Waals surface area contributed by atoms with E-state index in [0.717, 1.165) is 25.0 Å². The molecule has 1 aliphatic carbocycles. The quantitative estimate of drug-likeness (QED) is 0.502. The van der Waals surface area contributed by atoms with Gasteiger partial charge in [0.15, 0.2) is 5.78 Å². The molecule has 118 valence electrons. The number of nitrogens with zero attached hydrogens (tertiary/aromatic N) is 1. The fraction of sp³-hybridized carbons (Fsp3) is 0.474. The Morgan fingerprint density at radius 3 is 2.55 bits per heavy atom. The van der Waals surface area contributed by atoms with Gasteiger partial charge in [-0.15, -0.1) is 0 Å². The molecule has 1 aromatic rings. The van der Waals surface area contributed by atoms with E-state index >= 15 is 0 Å². The number of hydrogen-bond donors (Lipinski definition) is 1. The maximum atomic E-state index is 12.6. The summed E-state index contributed by atoms with van der Waals surface area (Å²) in [7, 11) is 0. The molecule has 0 radical (unpaired) electrons. The number of ketones is 1. The predicted molar refractivity (Wildman–Crippen MR) is 91.2 cm³/mol. The molecular weight excluding hydrogens is 274 g/mol. The van der Waals surface area contributed by atoms with Gasteiger partial charge in [0.1, 0.15) is 5.76 Å². The Morgan fingerprint density at radius 2 is 1.91 bits per heavy atom. The van der Waals surface area contributed by atoms with Crippen LogP contribution in [-0.4, -0.2) is 23.1 Å². The summed E-state index contributed by atoms with van der Waals surface area (Å²) in [6.07, 6.45) is 3.25. The lowest BCUT2D eigenvalue weighted by Crippen LogP contribution is -2.32. The second-order valence-electron chi connectivity index (χ2n) is 6.71. The van der Waals surface area contributed by atoms with Crippen molar-refractivity contribution in [1.82, 2.24) is 0 Å². The molecule has 0 atom stereocenters. The van der Waals surface area contributed by atoms with Crippen molar-refractivity contribution in [1.29, 1.82) is 0 Å². The van der Waals surface area contributed by atoms with Gasteiger partial charge in [-0.3, -0.25) is 9.79 Å². The van der Waals surface area contributed by atoms with Gasteiger partial charge in [-0.25, -0.2) is 0 Å². The summed E-state index contributed by atoms with van der Waals surface area (Å²) in [5.41, 5.74) is 1.76. The van der Waals surface area contributed by atoms with E-state index in [1.807, 2.05) is 30.3 Å². The number of hydrogen-bond acceptors (Lipinski definition) is 3. The highest BCUT2D eigenvalue weighted by molar-refractivity contribution is 6.28. The van der Waals surface area contributed by atoms with Gasteiger partial charge in [0.05, 0.1) is 5.57 Å². The van der Waals surface area contributed by atoms with Crippen LogP contribution in [0.25, 0.3) is 5.76 Å². The first-order chi connectivity index (χ1) is 10.4. The molecule has 2 rings (SSSR count). The molecule has 0 heterocycles. The number of aliphatic imine (C=N–C) groups is 1. The summed E-state index contributed by atoms with van der Waals surface area (Å²) < 4.78 is 0. The molecule has 22 heavy (non-hydrogen) atoms. The highest BCUT2D eigenvalue weighted by Gasteiger charge is 2.36. The van der Waals surface area contributed by atoms with Crippen LogP contribution >= 0.6 is 0 Å². The van der Waals surface area contributed by atoms with Crippen molar-refractivity contribution in [2.45, 2.75) is 46.5 Å². The second kappa shape index (κ2) is 6.91. The van der Waals surface area contributed by atoms with Gasteiger partial charge < -0.3 is 5.11 Å². The first kappa shape index (κ1) is 16.5. The van der Waals surface area contributed by atoms with E-state index in [9.17, 15) is 9.90 Å². The van der Waals surface area contributed by atoms with Crippen LogP contribution in [0.15, 0.2) is 40.9 Å². The Labute approximate surface area is 132 Å². The average molecular weight is 299 g/mol. The fourth-order valence-corrected chi connectivity index (χ4v) is 2.80. The van der Waals surface area contributed by atoms with Crippen LogP contribution in [0.5, 0.6) is 0 Å². The number of aliphatic hydroxyl groups excluding tert-OH is 1. The summed E-state index contributed by atoms with van der Waals surface area (Å²) >= 11 is 0. The summed E-state index contributed by atoms with van der Waals surface area (Å²) in [5, 5.41) is 10.6. The van der Waals surface area contributed by atoms with Crippen LogP contribution in [0.1, 0.15) is 52.0 Å². The first-order valence-corrected chi connectivity index (χ1v) is 8.00. The summed E-state index contributed by atoms with van der Waals surface area (Å²) in [5.74, 6) is 0.0594. The van der Waals surface area contributed by atoms with Gasteiger partial charge in [-0.1, -0.05) is 57.5 Å². The van der Waals surface area contributed by atoms with Crippen LogP contribution in [-0.2, 0) is 4.79 Å². The summed E-state index contributed by atoms with van der Waals surface area (Å²) in [6, 6.07) is 9.25. The van der Waals surface area contributed by atoms with Crippen molar-refractivity contribution in [3.63, 3.8) is 0 Å². The third-order valence-corrected chi connectivity index (χ3v) is 3.95. The number of benzene rings is 1. The zero-order chi connectivity index (χ0) is 16.2. The van der Waals surface area contributed by atoms with Gasteiger partial charge in [0.25, 0.3) is 0 Å². The first-order valence-electron chi connectivity index (χ1n) is 8.00. The minimum atomic E-state index is -0.0946. The molecule has 1 aromatic carbocycles. The van der Waals surface area contributed by atoms with E-state index < -0.39 is 0 Å². The summed E-state index contributed by atoms with van der Waals surface area (Å²) in [6.45, 7) is 6.99. The Hall–Kier alpha value is -1.90. The highest BCUT2D eigenvalue weighted by atomic mass is 16.3. The third-order valence-electron chi connectivity index (χ3n) is 3.95. The fourth-order valence-electron chi connectivity index (χ4n) is 2.80. The van der Waals surface area contributed by atoms with Crippen LogP contribution < -0.4 is 0 Å². The lowest BCUT2D eigenvalue weighted by molar-refractivity contribution is -0.117. The zero-order valence-electron chi connectivity index (χ0n) is 13.7. The third kappa shape index (κ3) is 3.85. The minimum Gasteiger partial charge on any atom is -0.506 e. The van der Waals surface area contributed by atoms with Gasteiger partial charge in [0.2, 0.25) is 0 Å². The smallest absolute Gasteiger partial charge is 0.168 e. The SMILES string of the molecule is CCCCN=C1CC(C)(C)CC(=O)/C1=C(/O)c1ccccc1. The topological polar surface area (TPSA) is 49.7 Å². The average Bonchev–Trinajstić information content (AvgIpc) is 2.46. The number of Topliss-reactive ketones (excluding diaryl/α,β-unsaturated/α-hetero) is 1. The molecular formula is C19H25NO2. The molecule has 0 aliphatic heterocycles. The van der Waals surface area contributed by atoms with Crippen molar-refractivity contribution in [3.8, 4) is 0 Å². The Balaban J connectivity index is 2.44. The van der Waals surface area contributed by atoms with Crippen LogP contribution in [0.4, 0.5) is 0 Å². The Morgan fingerprint density at radius 1 is 1.23 bits per heavy atom. The van der Waals surface area contributed by atoms with Crippen LogP contribution in [0, 0.1) is 5.41 Å². The van der Waals surface area contributed by atoms with E-state index in [2.05, 4.69) is 25.8 Å². The monoisotopic (exact) mass is 299 g/mol. The molecule has 0 aromatic heterocycles. The molecule has 0 amide bonds. The molecule has 1 fully saturated rings. The van der Waals surface area contributed by atoms with Crippen molar-refractivity contribution in [2.75, 3.05) is 6.54 Å². The van der Waals surface area contributed by atoms with Crippen molar-refractivity contribution in [3.05, 3.63) is 41.5 Å². The van der Waals surface area contributed by atoms with Crippen LogP contribution in [0.2, 0.25) is 0 Å². The zero-order valence-corrected chi connectivity index (χ0v) is 13.7. The molecule has 1 aliphatic rings. The molecule has 1 N–H and O–H groups in total. The van der Waals surface area contributed by atoms with E-state index in [1.54, 1.807) is 0 Å². The van der Waals surface area contributed by atoms with Crippen molar-refractivity contribution >= 4 is 17.3 Å². The Kier molecular flexibility index (Phi) is 5.17. The standard InChI is InChI=1S/C19H25NO2/c1-4-5-11-20-15-12-19(2,3)13-16(21)17(15)18(22)14-9-7-6-8-10-14/h6-10,22H,4-5,11-13H2,1-3H3/b18-17+,20-15?. The largest absolute Gasteiger partial charge is 0.506 e. The minimum absolute atomic E-state index is 0.00662. The van der Waals surface area contributed by atoms with Crippen molar-refractivity contribution in [2.24, 2.45) is 10.4 Å². The number of aliphatic hydroxyl groups is 1. The lowest BCUT2D eigenvalue weighted by atomic mass is 9.73. The van der Waals surface area contributed by atoms with E-state index in [4.69, 9.17) is 0 Å². The molecule has 3 nitrogen and oxygen atoms in total. The van der Waals surface area contributed by atoms with Crippen molar-refractivity contribution < 1.29 is 9.90 Å². The number of carbonyl (C=O) groups is 1. The van der Waals surface area contributed by atoms with Gasteiger partial charge in [0, 0.05) is 24.2 Å². The van der Waals surface area contributed by atoms with Gasteiger partial charge in [-0.05, 0) is 18.3 Å².